The van der Waals surface area contributed by atoms with E-state index in [-0.39, 0.29) is 0 Å². The van der Waals surface area contributed by atoms with Crippen LogP contribution >= 0.6 is 0 Å². The van der Waals surface area contributed by atoms with Gasteiger partial charge in [-0.15, -0.1) is 0 Å². The number of quaternary nitrogens is 2. The molecule has 0 aliphatic carbocycles. The smallest absolute Gasteiger partial charge is 0.0675 e. The van der Waals surface area contributed by atoms with Gasteiger partial charge in [-0.05, 0) is 9.15 Å². The lowest BCUT2D eigenvalue weighted by Gasteiger charge is -2.14. The Morgan fingerprint density at radius 1 is 0.800 bits per heavy atom. The molecule has 0 rings (SSSR count). The Morgan fingerprint density at radius 3 is 0.800 bits per heavy atom. The van der Waals surface area contributed by atoms with Gasteiger partial charge < -0.3 is 25.2 Å². The third-order valence-corrected chi connectivity index (χ3v) is 0. The van der Waals surface area contributed by atoms with Gasteiger partial charge in [-0.1, -0.05) is 0 Å². The van der Waals surface area contributed by atoms with Crippen LogP contribution in [0.15, 0.2) is 0 Å². The molecule has 0 atom stereocenters. The summed E-state index contributed by atoms with van der Waals surface area (Å²) in [5.41, 5.74) is 0. The Labute approximate surface area is 99.4 Å². The molecule has 0 bridgehead atoms. The van der Waals surface area contributed by atoms with Crippen molar-refractivity contribution in [1.29, 1.82) is 0 Å². The van der Waals surface area contributed by atoms with Crippen molar-refractivity contribution >= 4 is 20.8 Å². The van der Waals surface area contributed by atoms with Crippen LogP contribution in [-0.4, -0.2) is 78.3 Å². The number of hydrogen-bond donors (Lipinski definition) is 0. The van der Waals surface area contributed by atoms with E-state index in [1.807, 2.05) is 0 Å². The average Bonchev–Trinajstić information content (AvgIpc) is 1.41. The van der Waals surface area contributed by atoms with Gasteiger partial charge in [0.05, 0.1) is 56.4 Å². The lowest BCUT2D eigenvalue weighted by atomic mass is 10.8. The molecule has 7 heteroatoms. The van der Waals surface area contributed by atoms with Crippen LogP contribution in [0.1, 0.15) is 0 Å². The minimum atomic E-state index is -4.33. The van der Waals surface area contributed by atoms with E-state index in [0.717, 1.165) is 8.97 Å². The number of nitrogens with zero attached hydrogens (tertiary/aromatic N) is 2. The topological polar surface area (TPSA) is 57.2 Å². The maximum Gasteiger partial charge on any atom is 0.0675 e. The van der Waals surface area contributed by atoms with E-state index in [2.05, 4.69) is 68.0 Å². The minimum Gasteiger partial charge on any atom is -0.768 e. The molecule has 0 aromatic heterocycles. The molecule has 0 aliphatic rings. The summed E-state index contributed by atoms with van der Waals surface area (Å²) in [6.45, 7) is 0. The fourth-order valence-electron chi connectivity index (χ4n) is 0. The molecular formula is C8H24N2O3S2. The molecule has 96 valence electrons. The molecular weight excluding hydrogens is 236 g/mol. The highest BCUT2D eigenvalue weighted by molar-refractivity contribution is 8.50. The maximum atomic E-state index is 8.89. The predicted molar refractivity (Wildman–Crippen MR) is 65.0 cm³/mol. The van der Waals surface area contributed by atoms with Crippen LogP contribution in [0.3, 0.4) is 0 Å². The molecule has 15 heavy (non-hydrogen) atoms. The predicted octanol–water partition coefficient (Wildman–Crippen LogP) is -0.362. The SMILES string of the molecule is C[N+](C)(C)C.C[N+](C)(C)C.O=S(=O)([O-])[S-]. The molecule has 5 nitrogen and oxygen atoms in total. The first-order valence-corrected chi connectivity index (χ1v) is 6.58. The third-order valence-electron chi connectivity index (χ3n) is 0. The first-order valence-electron chi connectivity index (χ1n) is 4.24. The lowest BCUT2D eigenvalue weighted by Crippen LogP contribution is -2.27. The van der Waals surface area contributed by atoms with Crippen LogP contribution in [-0.2, 0) is 20.8 Å². The molecule has 0 fully saturated rings. The second-order valence-corrected chi connectivity index (χ2v) is 7.82. The fourth-order valence-corrected chi connectivity index (χ4v) is 0. The molecule has 0 saturated carbocycles. The van der Waals surface area contributed by atoms with Crippen molar-refractivity contribution in [3.05, 3.63) is 0 Å². The van der Waals surface area contributed by atoms with Crippen molar-refractivity contribution in [2.24, 2.45) is 0 Å². The number of hydrogen-bond acceptors (Lipinski definition) is 4. The van der Waals surface area contributed by atoms with Gasteiger partial charge in [-0.3, -0.25) is 8.42 Å². The van der Waals surface area contributed by atoms with E-state index in [4.69, 9.17) is 13.0 Å². The Bertz CT molecular complexity index is 206. The Kier molecular flexibility index (Phi) is 10.2. The Hall–Kier alpha value is 0.180. The zero-order chi connectivity index (χ0) is 13.5. The van der Waals surface area contributed by atoms with E-state index < -0.39 is 9.15 Å². The van der Waals surface area contributed by atoms with Gasteiger partial charge in [0.1, 0.15) is 0 Å². The van der Waals surface area contributed by atoms with Crippen molar-refractivity contribution < 1.29 is 21.9 Å². The third kappa shape index (κ3) is 64900. The largest absolute Gasteiger partial charge is 0.768 e. The summed E-state index contributed by atoms with van der Waals surface area (Å²) in [5, 5.41) is 0. The average molecular weight is 260 g/mol. The number of rotatable bonds is 0. The Balaban J connectivity index is -0.000000144. The Morgan fingerprint density at radius 2 is 0.800 bits per heavy atom. The van der Waals surface area contributed by atoms with Crippen molar-refractivity contribution in [1.82, 2.24) is 0 Å². The first kappa shape index (κ1) is 20.6. The van der Waals surface area contributed by atoms with Crippen molar-refractivity contribution in [2.75, 3.05) is 56.4 Å². The zero-order valence-electron chi connectivity index (χ0n) is 10.9. The van der Waals surface area contributed by atoms with Crippen LogP contribution in [0.2, 0.25) is 0 Å². The monoisotopic (exact) mass is 260 g/mol. The second kappa shape index (κ2) is 7.45. The molecule has 0 saturated heterocycles. The minimum absolute atomic E-state index is 1.00. The molecule has 0 amide bonds. The van der Waals surface area contributed by atoms with E-state index in [9.17, 15) is 0 Å². The molecule has 0 aromatic carbocycles. The molecule has 0 aliphatic heterocycles. The molecule has 0 spiro atoms. The second-order valence-electron chi connectivity index (χ2n) is 5.77. The lowest BCUT2D eigenvalue weighted by molar-refractivity contribution is -0.849. The van der Waals surface area contributed by atoms with Gasteiger partial charge in [0, 0.05) is 0 Å². The first-order chi connectivity index (χ1) is 6.00. The van der Waals surface area contributed by atoms with E-state index in [1.165, 1.54) is 0 Å². The normalized spacial score (nSPS) is 11.9. The summed E-state index contributed by atoms with van der Waals surface area (Å²) >= 11 is 3.24. The highest BCUT2D eigenvalue weighted by Crippen LogP contribution is 1.74. The van der Waals surface area contributed by atoms with E-state index >= 15 is 0 Å². The van der Waals surface area contributed by atoms with Crippen LogP contribution < -0.4 is 0 Å². The van der Waals surface area contributed by atoms with Crippen LogP contribution in [0.25, 0.3) is 0 Å². The van der Waals surface area contributed by atoms with Crippen molar-refractivity contribution in [2.45, 2.75) is 0 Å². The van der Waals surface area contributed by atoms with E-state index in [0.29, 0.717) is 0 Å². The van der Waals surface area contributed by atoms with Gasteiger partial charge in [0.2, 0.25) is 0 Å². The van der Waals surface area contributed by atoms with Gasteiger partial charge in [-0.25, -0.2) is 0 Å². The quantitative estimate of drug-likeness (QED) is 0.258. The zero-order valence-corrected chi connectivity index (χ0v) is 12.6. The summed E-state index contributed by atoms with van der Waals surface area (Å²) in [4.78, 5) is 0. The maximum absolute atomic E-state index is 8.89. The summed E-state index contributed by atoms with van der Waals surface area (Å²) in [6, 6.07) is 0. The fraction of sp³-hybridized carbons (Fsp3) is 1.00. The molecule has 0 radical (unpaired) electrons. The summed E-state index contributed by atoms with van der Waals surface area (Å²) < 4.78 is 28.7. The van der Waals surface area contributed by atoms with Crippen molar-refractivity contribution in [3.8, 4) is 0 Å². The molecule has 0 N–H and O–H groups in total. The van der Waals surface area contributed by atoms with Gasteiger partial charge >= 0.3 is 0 Å². The van der Waals surface area contributed by atoms with Gasteiger partial charge in [-0.2, -0.15) is 0 Å². The van der Waals surface area contributed by atoms with Gasteiger partial charge in [0.15, 0.2) is 0 Å². The summed E-state index contributed by atoms with van der Waals surface area (Å²) in [7, 11) is 12.7. The highest BCUT2D eigenvalue weighted by Gasteiger charge is 1.88. The summed E-state index contributed by atoms with van der Waals surface area (Å²) in [5.74, 6) is 0. The summed E-state index contributed by atoms with van der Waals surface area (Å²) in [6.07, 6.45) is 0. The molecule has 0 aromatic rings. The van der Waals surface area contributed by atoms with Gasteiger partial charge in [0.25, 0.3) is 0 Å². The van der Waals surface area contributed by atoms with Crippen LogP contribution in [0, 0.1) is 0 Å². The van der Waals surface area contributed by atoms with Crippen LogP contribution in [0.5, 0.6) is 0 Å². The van der Waals surface area contributed by atoms with Crippen molar-refractivity contribution in [3.63, 3.8) is 0 Å². The highest BCUT2D eigenvalue weighted by atomic mass is 33.1. The molecule has 0 unspecified atom stereocenters. The van der Waals surface area contributed by atoms with E-state index in [1.54, 1.807) is 0 Å². The molecule has 0 heterocycles. The standard InChI is InChI=1S/2C4H12N.H2O3S2/c3*1-5(2,3)4/h2*1-4H3;(H2,1,2,3,4)/q2*+1;/p-2. The van der Waals surface area contributed by atoms with Crippen LogP contribution in [0.4, 0.5) is 0 Å².